The Morgan fingerprint density at radius 1 is 1.38 bits per heavy atom. The molecule has 3 heteroatoms. The quantitative estimate of drug-likeness (QED) is 0.636. The Bertz CT molecular complexity index is 262. The van der Waals surface area contributed by atoms with Crippen LogP contribution in [0.3, 0.4) is 0 Å². The third-order valence-corrected chi connectivity index (χ3v) is 3.99. The molecular weight excluding hydrogens is 164 g/mol. The first kappa shape index (κ1) is 9.00. The van der Waals surface area contributed by atoms with Gasteiger partial charge in [0, 0.05) is 5.54 Å². The van der Waals surface area contributed by atoms with Crippen LogP contribution in [-0.4, -0.2) is 11.4 Å². The Kier molecular flexibility index (Phi) is 1.57. The van der Waals surface area contributed by atoms with Gasteiger partial charge in [0.1, 0.15) is 0 Å². The lowest BCUT2D eigenvalue weighted by Crippen LogP contribution is -2.47. The second kappa shape index (κ2) is 2.27. The second-order valence-electron chi connectivity index (χ2n) is 5.36. The molecule has 1 saturated carbocycles. The molecule has 1 saturated heterocycles. The Hall–Kier alpha value is -0.570. The molecule has 1 heterocycles. The zero-order valence-electron chi connectivity index (χ0n) is 8.77. The Morgan fingerprint density at radius 3 is 2.23 bits per heavy atom. The van der Waals surface area contributed by atoms with Crippen molar-refractivity contribution in [2.24, 2.45) is 17.3 Å². The number of amides is 1. The van der Waals surface area contributed by atoms with Gasteiger partial charge in [0.2, 0.25) is 5.91 Å². The number of hydrogen-bond acceptors (Lipinski definition) is 2. The van der Waals surface area contributed by atoms with Crippen LogP contribution in [0.2, 0.25) is 0 Å². The normalized spacial score (nSPS) is 47.5. The van der Waals surface area contributed by atoms with Crippen molar-refractivity contribution < 1.29 is 4.79 Å². The molecule has 0 aromatic heterocycles. The smallest absolute Gasteiger partial charge is 0.238 e. The average Bonchev–Trinajstić information content (AvgIpc) is 2.61. The SMILES string of the molecule is CC1C(=O)NNC1(C)C1CC1(C)C. The number of hydrazine groups is 1. The minimum Gasteiger partial charge on any atom is -0.291 e. The molecule has 0 spiro atoms. The van der Waals surface area contributed by atoms with Crippen molar-refractivity contribution >= 4 is 5.91 Å². The lowest BCUT2D eigenvalue weighted by molar-refractivity contribution is -0.122. The molecule has 0 aromatic carbocycles. The molecule has 1 aliphatic carbocycles. The van der Waals surface area contributed by atoms with E-state index in [-0.39, 0.29) is 17.4 Å². The van der Waals surface area contributed by atoms with Crippen molar-refractivity contribution in [3.63, 3.8) is 0 Å². The van der Waals surface area contributed by atoms with E-state index >= 15 is 0 Å². The van der Waals surface area contributed by atoms with E-state index in [0.717, 1.165) is 0 Å². The molecule has 0 bridgehead atoms. The van der Waals surface area contributed by atoms with Crippen molar-refractivity contribution in [1.82, 2.24) is 10.9 Å². The molecule has 2 aliphatic rings. The maximum Gasteiger partial charge on any atom is 0.238 e. The van der Waals surface area contributed by atoms with Crippen molar-refractivity contribution in [2.45, 2.75) is 39.7 Å². The summed E-state index contributed by atoms with van der Waals surface area (Å²) in [4.78, 5) is 11.4. The van der Waals surface area contributed by atoms with E-state index in [1.807, 2.05) is 6.92 Å². The van der Waals surface area contributed by atoms with Gasteiger partial charge in [-0.05, 0) is 24.7 Å². The molecule has 2 N–H and O–H groups in total. The van der Waals surface area contributed by atoms with E-state index in [2.05, 4.69) is 31.6 Å². The van der Waals surface area contributed by atoms with Crippen LogP contribution in [-0.2, 0) is 4.79 Å². The van der Waals surface area contributed by atoms with E-state index in [4.69, 9.17) is 0 Å². The van der Waals surface area contributed by atoms with Gasteiger partial charge in [0.25, 0.3) is 0 Å². The summed E-state index contributed by atoms with van der Waals surface area (Å²) >= 11 is 0. The minimum absolute atomic E-state index is 0.0411. The summed E-state index contributed by atoms with van der Waals surface area (Å²) in [6, 6.07) is 0. The molecular formula is C10H18N2O. The van der Waals surface area contributed by atoms with Crippen LogP contribution in [0.1, 0.15) is 34.1 Å². The lowest BCUT2D eigenvalue weighted by Gasteiger charge is -2.28. The van der Waals surface area contributed by atoms with Crippen molar-refractivity contribution in [3.05, 3.63) is 0 Å². The highest BCUT2D eigenvalue weighted by molar-refractivity contribution is 5.81. The number of nitrogens with one attached hydrogen (secondary N) is 2. The van der Waals surface area contributed by atoms with Gasteiger partial charge in [-0.3, -0.25) is 10.2 Å². The minimum atomic E-state index is -0.0411. The van der Waals surface area contributed by atoms with Crippen LogP contribution in [0.15, 0.2) is 0 Å². The lowest BCUT2D eigenvalue weighted by atomic mass is 9.81. The van der Waals surface area contributed by atoms with E-state index in [1.54, 1.807) is 0 Å². The van der Waals surface area contributed by atoms with Gasteiger partial charge in [0.05, 0.1) is 5.92 Å². The van der Waals surface area contributed by atoms with Crippen molar-refractivity contribution in [3.8, 4) is 0 Å². The van der Waals surface area contributed by atoms with Crippen LogP contribution < -0.4 is 10.9 Å². The fourth-order valence-corrected chi connectivity index (χ4v) is 2.56. The molecule has 0 aromatic rings. The van der Waals surface area contributed by atoms with Gasteiger partial charge in [-0.15, -0.1) is 0 Å². The maximum absolute atomic E-state index is 11.4. The number of carbonyl (C=O) groups excluding carboxylic acids is 1. The zero-order valence-corrected chi connectivity index (χ0v) is 8.77. The van der Waals surface area contributed by atoms with Gasteiger partial charge < -0.3 is 0 Å². The van der Waals surface area contributed by atoms with E-state index in [1.165, 1.54) is 6.42 Å². The summed E-state index contributed by atoms with van der Waals surface area (Å²) in [6.45, 7) is 8.68. The monoisotopic (exact) mass is 182 g/mol. The van der Waals surface area contributed by atoms with Gasteiger partial charge in [0.15, 0.2) is 0 Å². The fourth-order valence-electron chi connectivity index (χ4n) is 2.56. The second-order valence-corrected chi connectivity index (χ2v) is 5.36. The molecule has 3 unspecified atom stereocenters. The van der Waals surface area contributed by atoms with Crippen LogP contribution in [0.4, 0.5) is 0 Å². The van der Waals surface area contributed by atoms with Gasteiger partial charge in [-0.1, -0.05) is 20.8 Å². The molecule has 13 heavy (non-hydrogen) atoms. The highest BCUT2D eigenvalue weighted by atomic mass is 16.2. The van der Waals surface area contributed by atoms with Crippen LogP contribution in [0.5, 0.6) is 0 Å². The zero-order chi connectivity index (χ0) is 9.85. The molecule has 3 atom stereocenters. The first-order valence-electron chi connectivity index (χ1n) is 4.95. The first-order chi connectivity index (χ1) is 5.88. The topological polar surface area (TPSA) is 41.1 Å². The first-order valence-corrected chi connectivity index (χ1v) is 4.95. The molecule has 74 valence electrons. The van der Waals surface area contributed by atoms with Gasteiger partial charge in [-0.2, -0.15) is 0 Å². The third-order valence-electron chi connectivity index (χ3n) is 3.99. The molecule has 1 amide bonds. The molecule has 2 fully saturated rings. The summed E-state index contributed by atoms with van der Waals surface area (Å²) < 4.78 is 0. The fraction of sp³-hybridized carbons (Fsp3) is 0.900. The van der Waals surface area contributed by atoms with E-state index in [0.29, 0.717) is 11.3 Å². The summed E-state index contributed by atoms with van der Waals surface area (Å²) in [7, 11) is 0. The number of hydrogen-bond donors (Lipinski definition) is 2. The highest BCUT2D eigenvalue weighted by Crippen LogP contribution is 2.59. The predicted octanol–water partition coefficient (Wildman–Crippen LogP) is 1.06. The summed E-state index contributed by atoms with van der Waals surface area (Å²) in [5.74, 6) is 0.832. The van der Waals surface area contributed by atoms with Crippen LogP contribution in [0, 0.1) is 17.3 Å². The maximum atomic E-state index is 11.4. The summed E-state index contributed by atoms with van der Waals surface area (Å²) in [6.07, 6.45) is 1.22. The molecule has 2 rings (SSSR count). The van der Waals surface area contributed by atoms with Gasteiger partial charge in [-0.25, -0.2) is 5.43 Å². The largest absolute Gasteiger partial charge is 0.291 e. The van der Waals surface area contributed by atoms with Crippen LogP contribution in [0.25, 0.3) is 0 Å². The third kappa shape index (κ3) is 1.10. The van der Waals surface area contributed by atoms with E-state index < -0.39 is 0 Å². The number of rotatable bonds is 1. The van der Waals surface area contributed by atoms with E-state index in [9.17, 15) is 4.79 Å². The molecule has 1 aliphatic heterocycles. The van der Waals surface area contributed by atoms with Crippen molar-refractivity contribution in [1.29, 1.82) is 0 Å². The highest BCUT2D eigenvalue weighted by Gasteiger charge is 2.61. The molecule has 3 nitrogen and oxygen atoms in total. The summed E-state index contributed by atoms with van der Waals surface area (Å²) in [5, 5.41) is 0. The average molecular weight is 182 g/mol. The Morgan fingerprint density at radius 2 is 1.92 bits per heavy atom. The van der Waals surface area contributed by atoms with Crippen LogP contribution >= 0.6 is 0 Å². The number of carbonyl (C=O) groups is 1. The Labute approximate surface area is 79.2 Å². The standard InChI is InChI=1S/C10H18N2O/c1-6-8(13)11-12-10(6,4)7-5-9(7,2)3/h6-7,12H,5H2,1-4H3,(H,11,13). The summed E-state index contributed by atoms with van der Waals surface area (Å²) in [5.41, 5.74) is 6.24. The predicted molar refractivity (Wildman–Crippen MR) is 50.7 cm³/mol. The van der Waals surface area contributed by atoms with Gasteiger partial charge >= 0.3 is 0 Å². The van der Waals surface area contributed by atoms with Crippen molar-refractivity contribution in [2.75, 3.05) is 0 Å². The Balaban J connectivity index is 2.19. The molecule has 0 radical (unpaired) electrons.